The van der Waals surface area contributed by atoms with Gasteiger partial charge in [-0.3, -0.25) is 0 Å². The van der Waals surface area contributed by atoms with Crippen LogP contribution in [0.3, 0.4) is 0 Å². The van der Waals surface area contributed by atoms with Gasteiger partial charge in [0.2, 0.25) is 0 Å². The average Bonchev–Trinajstić information content (AvgIpc) is 3.15. The fraction of sp³-hybridized carbons (Fsp3) is 0.421. The molecule has 6 nitrogen and oxygen atoms in total. The molecule has 6 heteroatoms. The molecule has 2 heterocycles. The van der Waals surface area contributed by atoms with Crippen LogP contribution in [0.15, 0.2) is 36.7 Å². The van der Waals surface area contributed by atoms with E-state index in [4.69, 9.17) is 4.98 Å². The van der Waals surface area contributed by atoms with Crippen LogP contribution in [0.4, 0.5) is 5.82 Å². The maximum absolute atomic E-state index is 10.1. The van der Waals surface area contributed by atoms with Crippen LogP contribution < -0.4 is 4.90 Å². The van der Waals surface area contributed by atoms with Gasteiger partial charge >= 0.3 is 0 Å². The monoisotopic (exact) mass is 337 g/mol. The van der Waals surface area contributed by atoms with Crippen LogP contribution in [0, 0.1) is 5.92 Å². The van der Waals surface area contributed by atoms with Crippen molar-refractivity contribution >= 4 is 17.0 Å². The van der Waals surface area contributed by atoms with Crippen molar-refractivity contribution in [2.45, 2.75) is 31.9 Å². The van der Waals surface area contributed by atoms with E-state index in [1.165, 1.54) is 0 Å². The molecule has 25 heavy (non-hydrogen) atoms. The van der Waals surface area contributed by atoms with Gasteiger partial charge in [-0.05, 0) is 18.8 Å². The van der Waals surface area contributed by atoms with Crippen LogP contribution in [-0.4, -0.2) is 43.8 Å². The molecule has 1 saturated carbocycles. The Morgan fingerprint density at radius 1 is 1.16 bits per heavy atom. The smallest absolute Gasteiger partial charge is 0.165 e. The molecule has 0 saturated heterocycles. The molecule has 0 aliphatic heterocycles. The first-order valence-corrected chi connectivity index (χ1v) is 8.70. The summed E-state index contributed by atoms with van der Waals surface area (Å²) >= 11 is 0. The van der Waals surface area contributed by atoms with E-state index >= 15 is 0 Å². The maximum atomic E-state index is 10.1. The van der Waals surface area contributed by atoms with E-state index in [9.17, 15) is 5.11 Å². The molecule has 1 aliphatic rings. The number of nitrogens with zero attached hydrogens (tertiary/aromatic N) is 5. The number of aryl methyl sites for hydroxylation is 1. The van der Waals surface area contributed by atoms with E-state index in [-0.39, 0.29) is 12.1 Å². The van der Waals surface area contributed by atoms with Gasteiger partial charge in [0.05, 0.1) is 6.10 Å². The van der Waals surface area contributed by atoms with Crippen molar-refractivity contribution in [2.24, 2.45) is 13.0 Å². The number of hydrogen-bond donors (Lipinski definition) is 1. The van der Waals surface area contributed by atoms with Gasteiger partial charge in [0, 0.05) is 25.7 Å². The van der Waals surface area contributed by atoms with Crippen molar-refractivity contribution < 1.29 is 5.11 Å². The zero-order valence-corrected chi connectivity index (χ0v) is 14.8. The summed E-state index contributed by atoms with van der Waals surface area (Å²) < 4.78 is 2.01. The Balaban J connectivity index is 1.78. The average molecular weight is 337 g/mol. The molecular weight excluding hydrogens is 314 g/mol. The second-order valence-electron chi connectivity index (χ2n) is 7.01. The first-order valence-electron chi connectivity index (χ1n) is 8.70. The minimum absolute atomic E-state index is 0.242. The van der Waals surface area contributed by atoms with Gasteiger partial charge in [-0.25, -0.2) is 15.0 Å². The van der Waals surface area contributed by atoms with E-state index in [0.29, 0.717) is 5.92 Å². The van der Waals surface area contributed by atoms with Crippen molar-refractivity contribution in [1.82, 2.24) is 19.5 Å². The summed E-state index contributed by atoms with van der Waals surface area (Å²) in [6.45, 7) is 2.10. The van der Waals surface area contributed by atoms with Gasteiger partial charge in [-0.2, -0.15) is 0 Å². The third-order valence-corrected chi connectivity index (χ3v) is 5.36. The lowest BCUT2D eigenvalue weighted by Gasteiger charge is -2.25. The van der Waals surface area contributed by atoms with Crippen molar-refractivity contribution in [2.75, 3.05) is 11.9 Å². The molecular formula is C19H23N5O. The highest BCUT2D eigenvalue weighted by Crippen LogP contribution is 2.33. The molecule has 0 radical (unpaired) electrons. The molecule has 1 N–H and O–H groups in total. The number of rotatable bonds is 3. The number of imidazole rings is 1. The fourth-order valence-electron chi connectivity index (χ4n) is 3.77. The van der Waals surface area contributed by atoms with Gasteiger partial charge in [0.15, 0.2) is 17.0 Å². The summed E-state index contributed by atoms with van der Waals surface area (Å²) in [5.41, 5.74) is 2.68. The van der Waals surface area contributed by atoms with E-state index in [2.05, 4.69) is 21.8 Å². The van der Waals surface area contributed by atoms with Crippen molar-refractivity contribution in [1.29, 1.82) is 0 Å². The van der Waals surface area contributed by atoms with E-state index < -0.39 is 0 Å². The highest BCUT2D eigenvalue weighted by molar-refractivity contribution is 5.86. The van der Waals surface area contributed by atoms with Gasteiger partial charge in [0.25, 0.3) is 0 Å². The summed E-state index contributed by atoms with van der Waals surface area (Å²) in [7, 11) is 4.02. The normalized spacial score (nSPS) is 23.3. The molecule has 1 aromatic carbocycles. The van der Waals surface area contributed by atoms with E-state index in [1.54, 1.807) is 6.33 Å². The molecule has 2 aromatic heterocycles. The number of benzene rings is 1. The summed E-state index contributed by atoms with van der Waals surface area (Å²) in [5.74, 6) is 2.02. The molecule has 0 unspecified atom stereocenters. The number of hydrogen-bond acceptors (Lipinski definition) is 5. The van der Waals surface area contributed by atoms with Crippen LogP contribution in [0.25, 0.3) is 22.6 Å². The second-order valence-corrected chi connectivity index (χ2v) is 7.01. The zero-order valence-electron chi connectivity index (χ0n) is 14.8. The van der Waals surface area contributed by atoms with Gasteiger partial charge in [0.1, 0.15) is 12.2 Å². The molecule has 0 amide bonds. The Morgan fingerprint density at radius 2 is 1.92 bits per heavy atom. The quantitative estimate of drug-likeness (QED) is 0.796. The largest absolute Gasteiger partial charge is 0.393 e. The summed E-state index contributed by atoms with van der Waals surface area (Å²) in [4.78, 5) is 15.9. The Bertz CT molecular complexity index is 881. The third kappa shape index (κ3) is 2.66. The summed E-state index contributed by atoms with van der Waals surface area (Å²) in [6, 6.07) is 10.4. The summed E-state index contributed by atoms with van der Waals surface area (Å²) in [5, 5.41) is 10.1. The van der Waals surface area contributed by atoms with Gasteiger partial charge in [-0.1, -0.05) is 37.3 Å². The Hall–Kier alpha value is -2.47. The zero-order chi connectivity index (χ0) is 17.6. The standard InChI is InChI=1S/C19H23N5O/c1-12-9-14(10-15(12)25)23(2)18-16-19(21-11-20-18)24(3)17(22-16)13-7-5-4-6-8-13/h4-8,11-12,14-15,25H,9-10H2,1-3H3/t12-,14+,15+/m0/s1. The Kier molecular flexibility index (Phi) is 3.92. The van der Waals surface area contributed by atoms with Crippen molar-refractivity contribution in [3.63, 3.8) is 0 Å². The highest BCUT2D eigenvalue weighted by atomic mass is 16.3. The van der Waals surface area contributed by atoms with Gasteiger partial charge in [-0.15, -0.1) is 0 Å². The van der Waals surface area contributed by atoms with Crippen molar-refractivity contribution in [3.05, 3.63) is 36.7 Å². The number of anilines is 1. The predicted molar refractivity (Wildman–Crippen MR) is 98.3 cm³/mol. The minimum Gasteiger partial charge on any atom is -0.393 e. The number of aliphatic hydroxyl groups excluding tert-OH is 1. The molecule has 0 bridgehead atoms. The molecule has 4 rings (SSSR count). The fourth-order valence-corrected chi connectivity index (χ4v) is 3.77. The van der Waals surface area contributed by atoms with Crippen LogP contribution in [-0.2, 0) is 7.05 Å². The van der Waals surface area contributed by atoms with Crippen LogP contribution in [0.1, 0.15) is 19.8 Å². The molecule has 3 aromatic rings. The minimum atomic E-state index is -0.242. The van der Waals surface area contributed by atoms with E-state index in [0.717, 1.165) is 41.2 Å². The third-order valence-electron chi connectivity index (χ3n) is 5.36. The summed E-state index contributed by atoms with van der Waals surface area (Å²) in [6.07, 6.45) is 3.08. The molecule has 3 atom stereocenters. The number of aliphatic hydroxyl groups is 1. The maximum Gasteiger partial charge on any atom is 0.165 e. The first kappa shape index (κ1) is 16.0. The second kappa shape index (κ2) is 6.11. The topological polar surface area (TPSA) is 67.1 Å². The van der Waals surface area contributed by atoms with Gasteiger partial charge < -0.3 is 14.6 Å². The predicted octanol–water partition coefficient (Wildman–Crippen LogP) is 2.63. The Labute approximate surface area is 147 Å². The lowest BCUT2D eigenvalue weighted by Crippen LogP contribution is -2.30. The number of aromatic nitrogens is 4. The molecule has 1 aliphatic carbocycles. The molecule has 130 valence electrons. The van der Waals surface area contributed by atoms with Crippen LogP contribution >= 0.6 is 0 Å². The van der Waals surface area contributed by atoms with Crippen molar-refractivity contribution in [3.8, 4) is 11.4 Å². The van der Waals surface area contributed by atoms with Crippen LogP contribution in [0.2, 0.25) is 0 Å². The van der Waals surface area contributed by atoms with E-state index in [1.807, 2.05) is 49.0 Å². The molecule has 1 fully saturated rings. The lowest BCUT2D eigenvalue weighted by molar-refractivity contribution is 0.140. The number of fused-ring (bicyclic) bond motifs is 1. The lowest BCUT2D eigenvalue weighted by atomic mass is 10.1. The molecule has 0 spiro atoms. The SMILES string of the molecule is C[C@H]1C[C@@H](N(C)c2ncnc3c2nc(-c2ccccc2)n3C)C[C@H]1O. The van der Waals surface area contributed by atoms with Crippen LogP contribution in [0.5, 0.6) is 0 Å². The Morgan fingerprint density at radius 3 is 2.60 bits per heavy atom. The highest BCUT2D eigenvalue weighted by Gasteiger charge is 2.33. The first-order chi connectivity index (χ1) is 12.1.